The molecule has 1 heterocycles. The van der Waals surface area contributed by atoms with Crippen molar-refractivity contribution >= 4 is 23.2 Å². The highest BCUT2D eigenvalue weighted by Gasteiger charge is 2.19. The fourth-order valence-electron chi connectivity index (χ4n) is 0.502. The zero-order valence-corrected chi connectivity index (χ0v) is 5.29. The third-order valence-corrected chi connectivity index (χ3v) is 1.49. The molecule has 1 N–H and O–H groups in total. The van der Waals surface area contributed by atoms with Gasteiger partial charge in [0.25, 0.3) is 0 Å². The van der Waals surface area contributed by atoms with Crippen molar-refractivity contribution < 1.29 is 4.79 Å². The van der Waals surface area contributed by atoms with Crippen LogP contribution in [-0.4, -0.2) is 29.5 Å². The van der Waals surface area contributed by atoms with E-state index in [0.717, 1.165) is 0 Å². The number of rotatable bonds is 0. The van der Waals surface area contributed by atoms with E-state index in [1.165, 1.54) is 4.90 Å². The Labute approximate surface area is 60.0 Å². The molecule has 0 aromatic carbocycles. The summed E-state index contributed by atoms with van der Waals surface area (Å²) in [4.78, 5) is 12.0. The van der Waals surface area contributed by atoms with Gasteiger partial charge >= 0.3 is 0 Å². The van der Waals surface area contributed by atoms with Gasteiger partial charge in [-0.25, -0.2) is 0 Å². The van der Waals surface area contributed by atoms with Gasteiger partial charge in [-0.2, -0.15) is 0 Å². The molecular formula is C5H10N2OS. The van der Waals surface area contributed by atoms with Crippen LogP contribution in [-0.2, 0) is 4.79 Å². The van der Waals surface area contributed by atoms with Gasteiger partial charge in [0.05, 0.1) is 6.54 Å². The molecule has 1 saturated heterocycles. The number of nitrogens with zero attached hydrogens (tertiary/aromatic N) is 1. The lowest BCUT2D eigenvalue weighted by atomic mass is 10.6. The normalized spacial score (nSPS) is 17.2. The third-order valence-electron chi connectivity index (χ3n) is 1.07. The standard InChI is InChI=1S/C4H6N2OS.CH4/c1-6-3(7)2-5-4(6)8;/h2H2,1H3,(H,5,8);1H4. The van der Waals surface area contributed by atoms with Crippen LogP contribution in [0.3, 0.4) is 0 Å². The Balaban J connectivity index is 0.000000640. The van der Waals surface area contributed by atoms with Crippen LogP contribution in [0.1, 0.15) is 7.43 Å². The zero-order chi connectivity index (χ0) is 6.15. The van der Waals surface area contributed by atoms with Crippen molar-refractivity contribution in [3.8, 4) is 0 Å². The molecule has 0 spiro atoms. The van der Waals surface area contributed by atoms with E-state index in [-0.39, 0.29) is 13.3 Å². The highest BCUT2D eigenvalue weighted by atomic mass is 32.1. The van der Waals surface area contributed by atoms with E-state index in [4.69, 9.17) is 12.2 Å². The lowest BCUT2D eigenvalue weighted by molar-refractivity contribution is -0.123. The van der Waals surface area contributed by atoms with E-state index in [2.05, 4.69) is 5.32 Å². The molecule has 9 heavy (non-hydrogen) atoms. The summed E-state index contributed by atoms with van der Waals surface area (Å²) in [6.07, 6.45) is 0. The van der Waals surface area contributed by atoms with Gasteiger partial charge in [0, 0.05) is 7.05 Å². The summed E-state index contributed by atoms with van der Waals surface area (Å²) >= 11 is 4.71. The van der Waals surface area contributed by atoms with Crippen LogP contribution in [0.5, 0.6) is 0 Å². The van der Waals surface area contributed by atoms with Crippen molar-refractivity contribution in [3.05, 3.63) is 0 Å². The molecular weight excluding hydrogens is 136 g/mol. The number of amides is 1. The van der Waals surface area contributed by atoms with Crippen molar-refractivity contribution in [2.24, 2.45) is 0 Å². The summed E-state index contributed by atoms with van der Waals surface area (Å²) in [5, 5.41) is 3.25. The maximum absolute atomic E-state index is 10.6. The average Bonchev–Trinajstić information content (AvgIpc) is 1.98. The van der Waals surface area contributed by atoms with Gasteiger partial charge in [-0.05, 0) is 12.2 Å². The number of nitrogens with one attached hydrogen (secondary N) is 1. The van der Waals surface area contributed by atoms with Crippen molar-refractivity contribution in [3.63, 3.8) is 0 Å². The lowest BCUT2D eigenvalue weighted by Crippen LogP contribution is -2.25. The maximum atomic E-state index is 10.6. The van der Waals surface area contributed by atoms with E-state index >= 15 is 0 Å². The van der Waals surface area contributed by atoms with Gasteiger partial charge in [0.2, 0.25) is 5.91 Å². The molecule has 0 bridgehead atoms. The number of hydrogen-bond acceptors (Lipinski definition) is 2. The van der Waals surface area contributed by atoms with Crippen LogP contribution < -0.4 is 5.32 Å². The van der Waals surface area contributed by atoms with Gasteiger partial charge in [0.15, 0.2) is 5.11 Å². The second-order valence-electron chi connectivity index (χ2n) is 1.61. The van der Waals surface area contributed by atoms with E-state index < -0.39 is 0 Å². The van der Waals surface area contributed by atoms with Crippen LogP contribution in [0, 0.1) is 0 Å². The fraction of sp³-hybridized carbons (Fsp3) is 0.600. The smallest absolute Gasteiger partial charge is 0.247 e. The van der Waals surface area contributed by atoms with Gasteiger partial charge < -0.3 is 5.32 Å². The second kappa shape index (κ2) is 2.77. The number of carbonyl (C=O) groups is 1. The summed E-state index contributed by atoms with van der Waals surface area (Å²) < 4.78 is 0. The molecule has 0 atom stereocenters. The van der Waals surface area contributed by atoms with E-state index in [1.807, 2.05) is 0 Å². The SMILES string of the molecule is C.CN1C(=O)CNC1=S. The Morgan fingerprint density at radius 3 is 2.44 bits per heavy atom. The van der Waals surface area contributed by atoms with Crippen molar-refractivity contribution in [1.29, 1.82) is 0 Å². The Bertz CT molecular complexity index is 130. The van der Waals surface area contributed by atoms with E-state index in [9.17, 15) is 4.79 Å². The van der Waals surface area contributed by atoms with Crippen LogP contribution >= 0.6 is 12.2 Å². The molecule has 1 aliphatic rings. The van der Waals surface area contributed by atoms with Crippen LogP contribution in [0.15, 0.2) is 0 Å². The Hall–Kier alpha value is -0.640. The largest absolute Gasteiger partial charge is 0.353 e. The summed E-state index contributed by atoms with van der Waals surface area (Å²) in [7, 11) is 1.66. The van der Waals surface area contributed by atoms with Crippen molar-refractivity contribution in [2.45, 2.75) is 7.43 Å². The number of hydrogen-bond donors (Lipinski definition) is 1. The minimum atomic E-state index is 0. The summed E-state index contributed by atoms with van der Waals surface area (Å²) in [5.74, 6) is 0.0370. The molecule has 1 fully saturated rings. The zero-order valence-electron chi connectivity index (χ0n) is 4.47. The Morgan fingerprint density at radius 2 is 2.33 bits per heavy atom. The predicted molar refractivity (Wildman–Crippen MR) is 40.1 cm³/mol. The van der Waals surface area contributed by atoms with Gasteiger partial charge in [-0.15, -0.1) is 0 Å². The molecule has 0 saturated carbocycles. The first-order valence-corrected chi connectivity index (χ1v) is 2.67. The monoisotopic (exact) mass is 146 g/mol. The molecule has 0 unspecified atom stereocenters. The highest BCUT2D eigenvalue weighted by molar-refractivity contribution is 7.80. The predicted octanol–water partition coefficient (Wildman–Crippen LogP) is -0.0310. The minimum Gasteiger partial charge on any atom is -0.353 e. The maximum Gasteiger partial charge on any atom is 0.247 e. The number of carbonyl (C=O) groups excluding carboxylic acids is 1. The topological polar surface area (TPSA) is 32.3 Å². The van der Waals surface area contributed by atoms with E-state index in [1.54, 1.807) is 7.05 Å². The molecule has 0 aliphatic carbocycles. The third kappa shape index (κ3) is 1.38. The lowest BCUT2D eigenvalue weighted by Gasteiger charge is -2.03. The van der Waals surface area contributed by atoms with Gasteiger partial charge in [-0.1, -0.05) is 7.43 Å². The van der Waals surface area contributed by atoms with Gasteiger partial charge in [0.1, 0.15) is 0 Å². The van der Waals surface area contributed by atoms with Crippen LogP contribution in [0.4, 0.5) is 0 Å². The molecule has 52 valence electrons. The molecule has 1 aliphatic heterocycles. The molecule has 0 aromatic heterocycles. The first kappa shape index (κ1) is 8.36. The Kier molecular flexibility index (Phi) is 2.58. The molecule has 0 radical (unpaired) electrons. The van der Waals surface area contributed by atoms with Crippen LogP contribution in [0.2, 0.25) is 0 Å². The van der Waals surface area contributed by atoms with Crippen molar-refractivity contribution in [2.75, 3.05) is 13.6 Å². The van der Waals surface area contributed by atoms with Crippen molar-refractivity contribution in [1.82, 2.24) is 10.2 Å². The molecule has 1 amide bonds. The molecule has 0 aromatic rings. The molecule has 3 nitrogen and oxygen atoms in total. The summed E-state index contributed by atoms with van der Waals surface area (Å²) in [6, 6.07) is 0. The quantitative estimate of drug-likeness (QED) is 0.487. The first-order valence-electron chi connectivity index (χ1n) is 2.26. The number of thiocarbonyl (C=S) groups is 1. The summed E-state index contributed by atoms with van der Waals surface area (Å²) in [5.41, 5.74) is 0. The average molecular weight is 146 g/mol. The fourth-order valence-corrected chi connectivity index (χ4v) is 0.676. The molecule has 4 heteroatoms. The summed E-state index contributed by atoms with van der Waals surface area (Å²) in [6.45, 7) is 0.356. The minimum absolute atomic E-state index is 0. The highest BCUT2D eigenvalue weighted by Crippen LogP contribution is 1.92. The Morgan fingerprint density at radius 1 is 1.78 bits per heavy atom. The second-order valence-corrected chi connectivity index (χ2v) is 2.00. The molecule has 1 rings (SSSR count). The van der Waals surface area contributed by atoms with Gasteiger partial charge in [-0.3, -0.25) is 9.69 Å². The number of likely N-dealkylation sites (N-methyl/N-ethyl adjacent to an activating group) is 1. The van der Waals surface area contributed by atoms with E-state index in [0.29, 0.717) is 11.7 Å². The first-order chi connectivity index (χ1) is 3.72. The van der Waals surface area contributed by atoms with Crippen LogP contribution in [0.25, 0.3) is 0 Å².